The molecule has 0 spiro atoms. The van der Waals surface area contributed by atoms with Gasteiger partial charge in [0.2, 0.25) is 0 Å². The lowest BCUT2D eigenvalue weighted by Gasteiger charge is -2.29. The lowest BCUT2D eigenvalue weighted by Crippen LogP contribution is -2.37. The maximum absolute atomic E-state index is 11.5. The van der Waals surface area contributed by atoms with Crippen LogP contribution in [0.15, 0.2) is 48.5 Å². The van der Waals surface area contributed by atoms with Gasteiger partial charge < -0.3 is 14.6 Å². The highest BCUT2D eigenvalue weighted by Gasteiger charge is 2.34. The topological polar surface area (TPSA) is 59.0 Å². The predicted molar refractivity (Wildman–Crippen MR) is 99.5 cm³/mol. The van der Waals surface area contributed by atoms with Crippen molar-refractivity contribution in [1.29, 1.82) is 0 Å². The van der Waals surface area contributed by atoms with Crippen LogP contribution in [0.1, 0.15) is 36.9 Å². The van der Waals surface area contributed by atoms with Gasteiger partial charge in [-0.3, -0.25) is 9.69 Å². The number of ether oxygens (including phenoxy) is 2. The summed E-state index contributed by atoms with van der Waals surface area (Å²) in [5.41, 5.74) is 2.12. The summed E-state index contributed by atoms with van der Waals surface area (Å²) in [6.45, 7) is 3.31. The number of benzene rings is 2. The van der Waals surface area contributed by atoms with E-state index in [-0.39, 0.29) is 6.04 Å². The standard InChI is InChI=1S/C21H25NO4/c1-15(22-12-6-9-18(22)21(23)24)17-10-11-19(20(13-17)25-2)26-14-16-7-4-3-5-8-16/h3-5,7-8,10-11,13,15,18H,6,9,12,14H2,1-2H3,(H,23,24)/t15?,18-/m0/s1. The molecule has 0 aliphatic carbocycles. The minimum Gasteiger partial charge on any atom is -0.493 e. The Labute approximate surface area is 154 Å². The molecule has 1 fully saturated rings. The molecule has 1 saturated heterocycles. The van der Waals surface area contributed by atoms with Gasteiger partial charge in [-0.1, -0.05) is 36.4 Å². The van der Waals surface area contributed by atoms with Crippen molar-refractivity contribution in [2.24, 2.45) is 0 Å². The molecule has 1 aliphatic heterocycles. The molecule has 1 unspecified atom stereocenters. The van der Waals surface area contributed by atoms with Gasteiger partial charge in [0.15, 0.2) is 11.5 Å². The number of likely N-dealkylation sites (tertiary alicyclic amines) is 1. The van der Waals surface area contributed by atoms with Gasteiger partial charge in [0.05, 0.1) is 7.11 Å². The molecule has 1 heterocycles. The predicted octanol–water partition coefficient (Wildman–Crippen LogP) is 3.88. The van der Waals surface area contributed by atoms with Crippen LogP contribution in [0.2, 0.25) is 0 Å². The van der Waals surface area contributed by atoms with Gasteiger partial charge in [0.25, 0.3) is 0 Å². The van der Waals surface area contributed by atoms with Crippen LogP contribution in [0.5, 0.6) is 11.5 Å². The Kier molecular flexibility index (Phi) is 5.78. The molecular formula is C21H25NO4. The molecule has 2 aromatic carbocycles. The SMILES string of the molecule is COc1cc(C(C)N2CCC[C@H]2C(=O)O)ccc1OCc1ccccc1. The van der Waals surface area contributed by atoms with Crippen molar-refractivity contribution in [3.63, 3.8) is 0 Å². The lowest BCUT2D eigenvalue weighted by atomic mass is 10.0. The first-order chi connectivity index (χ1) is 12.6. The molecule has 0 amide bonds. The minimum atomic E-state index is -0.746. The van der Waals surface area contributed by atoms with Crippen molar-refractivity contribution >= 4 is 5.97 Å². The highest BCUT2D eigenvalue weighted by atomic mass is 16.5. The monoisotopic (exact) mass is 355 g/mol. The maximum atomic E-state index is 11.5. The number of rotatable bonds is 7. The van der Waals surface area contributed by atoms with E-state index in [0.717, 1.165) is 24.1 Å². The van der Waals surface area contributed by atoms with Crippen molar-refractivity contribution in [2.45, 2.75) is 38.5 Å². The van der Waals surface area contributed by atoms with Gasteiger partial charge in [-0.15, -0.1) is 0 Å². The van der Waals surface area contributed by atoms with Gasteiger partial charge in [0, 0.05) is 6.04 Å². The van der Waals surface area contributed by atoms with E-state index in [2.05, 4.69) is 0 Å². The third-order valence-electron chi connectivity index (χ3n) is 4.98. The largest absolute Gasteiger partial charge is 0.493 e. The molecule has 1 aliphatic rings. The molecule has 2 atom stereocenters. The van der Waals surface area contributed by atoms with Crippen molar-refractivity contribution < 1.29 is 19.4 Å². The number of methoxy groups -OCH3 is 1. The fourth-order valence-electron chi connectivity index (χ4n) is 3.51. The van der Waals surface area contributed by atoms with Crippen LogP contribution in [-0.4, -0.2) is 35.7 Å². The molecule has 0 radical (unpaired) electrons. The van der Waals surface area contributed by atoms with Crippen molar-refractivity contribution in [2.75, 3.05) is 13.7 Å². The second-order valence-corrected chi connectivity index (χ2v) is 6.59. The van der Waals surface area contributed by atoms with Gasteiger partial charge in [-0.2, -0.15) is 0 Å². The lowest BCUT2D eigenvalue weighted by molar-refractivity contribution is -0.142. The number of carboxylic acids is 1. The summed E-state index contributed by atoms with van der Waals surface area (Å²) in [7, 11) is 1.62. The number of hydrogen-bond donors (Lipinski definition) is 1. The van der Waals surface area contributed by atoms with Gasteiger partial charge >= 0.3 is 5.97 Å². The van der Waals surface area contributed by atoms with Crippen LogP contribution >= 0.6 is 0 Å². The fraction of sp³-hybridized carbons (Fsp3) is 0.381. The van der Waals surface area contributed by atoms with Crippen LogP contribution in [0.25, 0.3) is 0 Å². The zero-order valence-corrected chi connectivity index (χ0v) is 15.2. The Balaban J connectivity index is 1.74. The summed E-state index contributed by atoms with van der Waals surface area (Å²) < 4.78 is 11.4. The van der Waals surface area contributed by atoms with E-state index in [1.165, 1.54) is 0 Å². The average Bonchev–Trinajstić information content (AvgIpc) is 3.16. The van der Waals surface area contributed by atoms with Crippen LogP contribution < -0.4 is 9.47 Å². The average molecular weight is 355 g/mol. The van der Waals surface area contributed by atoms with E-state index in [4.69, 9.17) is 9.47 Å². The quantitative estimate of drug-likeness (QED) is 0.817. The Morgan fingerprint density at radius 3 is 2.69 bits per heavy atom. The van der Waals surface area contributed by atoms with Crippen molar-refractivity contribution in [3.8, 4) is 11.5 Å². The molecule has 5 nitrogen and oxygen atoms in total. The summed E-state index contributed by atoms with van der Waals surface area (Å²) >= 11 is 0. The van der Waals surface area contributed by atoms with E-state index in [0.29, 0.717) is 24.5 Å². The normalized spacial score (nSPS) is 18.5. The van der Waals surface area contributed by atoms with Crippen molar-refractivity contribution in [3.05, 3.63) is 59.7 Å². The van der Waals surface area contributed by atoms with E-state index >= 15 is 0 Å². The first-order valence-corrected chi connectivity index (χ1v) is 8.93. The number of hydrogen-bond acceptors (Lipinski definition) is 4. The summed E-state index contributed by atoms with van der Waals surface area (Å²) in [4.78, 5) is 13.5. The summed E-state index contributed by atoms with van der Waals surface area (Å²) in [5, 5.41) is 9.42. The first kappa shape index (κ1) is 18.3. The molecule has 0 bridgehead atoms. The number of aliphatic carboxylic acids is 1. The molecule has 3 rings (SSSR count). The Morgan fingerprint density at radius 1 is 1.23 bits per heavy atom. The smallest absolute Gasteiger partial charge is 0.320 e. The Morgan fingerprint density at radius 2 is 2.00 bits per heavy atom. The molecule has 0 saturated carbocycles. The molecule has 138 valence electrons. The maximum Gasteiger partial charge on any atom is 0.320 e. The summed E-state index contributed by atoms with van der Waals surface area (Å²) in [5.74, 6) is 0.601. The van der Waals surface area contributed by atoms with E-state index in [1.54, 1.807) is 7.11 Å². The minimum absolute atomic E-state index is 0.00988. The first-order valence-electron chi connectivity index (χ1n) is 8.93. The fourth-order valence-corrected chi connectivity index (χ4v) is 3.51. The number of carboxylic acid groups (broad SMARTS) is 1. The van der Waals surface area contributed by atoms with Crippen LogP contribution in [-0.2, 0) is 11.4 Å². The highest BCUT2D eigenvalue weighted by molar-refractivity contribution is 5.73. The van der Waals surface area contributed by atoms with Crippen LogP contribution in [0.3, 0.4) is 0 Å². The van der Waals surface area contributed by atoms with E-state index < -0.39 is 12.0 Å². The number of nitrogens with zero attached hydrogens (tertiary/aromatic N) is 1. The zero-order valence-electron chi connectivity index (χ0n) is 15.2. The molecule has 0 aromatic heterocycles. The molecule has 26 heavy (non-hydrogen) atoms. The third-order valence-corrected chi connectivity index (χ3v) is 4.98. The second-order valence-electron chi connectivity index (χ2n) is 6.59. The Bertz CT molecular complexity index is 747. The second kappa shape index (κ2) is 8.23. The molecule has 5 heteroatoms. The Hall–Kier alpha value is -2.53. The summed E-state index contributed by atoms with van der Waals surface area (Å²) in [6, 6.07) is 15.4. The summed E-state index contributed by atoms with van der Waals surface area (Å²) in [6.07, 6.45) is 1.62. The van der Waals surface area contributed by atoms with Crippen LogP contribution in [0, 0.1) is 0 Å². The van der Waals surface area contributed by atoms with Gasteiger partial charge in [0.1, 0.15) is 12.6 Å². The number of carbonyl (C=O) groups is 1. The van der Waals surface area contributed by atoms with Gasteiger partial charge in [-0.05, 0) is 49.6 Å². The molecule has 2 aromatic rings. The van der Waals surface area contributed by atoms with Gasteiger partial charge in [-0.25, -0.2) is 0 Å². The van der Waals surface area contributed by atoms with E-state index in [1.807, 2.05) is 60.4 Å². The van der Waals surface area contributed by atoms with Crippen molar-refractivity contribution in [1.82, 2.24) is 4.90 Å². The zero-order chi connectivity index (χ0) is 18.5. The third kappa shape index (κ3) is 3.99. The van der Waals surface area contributed by atoms with Crippen LogP contribution in [0.4, 0.5) is 0 Å². The molecular weight excluding hydrogens is 330 g/mol. The highest BCUT2D eigenvalue weighted by Crippen LogP contribution is 2.35. The van der Waals surface area contributed by atoms with E-state index in [9.17, 15) is 9.90 Å². The molecule has 1 N–H and O–H groups in total.